The topological polar surface area (TPSA) is 38.0 Å². The van der Waals surface area contributed by atoms with E-state index in [0.717, 1.165) is 11.1 Å². The molecule has 3 N–H and O–H groups in total. The largest absolute Gasteiger partial charge is 0.271 e. The predicted octanol–water partition coefficient (Wildman–Crippen LogP) is 5.05. The van der Waals surface area contributed by atoms with Crippen LogP contribution in [-0.2, 0) is 6.42 Å². The van der Waals surface area contributed by atoms with Gasteiger partial charge in [-0.25, -0.2) is 0 Å². The molecule has 1 unspecified atom stereocenters. The second kappa shape index (κ2) is 6.99. The van der Waals surface area contributed by atoms with Gasteiger partial charge in [-0.2, -0.15) is 0 Å². The molecule has 0 aliphatic heterocycles. The van der Waals surface area contributed by atoms with E-state index in [-0.39, 0.29) is 6.04 Å². The van der Waals surface area contributed by atoms with Gasteiger partial charge in [-0.3, -0.25) is 11.3 Å². The molecule has 2 rings (SSSR count). The summed E-state index contributed by atoms with van der Waals surface area (Å²) in [6.45, 7) is 0. The zero-order chi connectivity index (χ0) is 14.7. The van der Waals surface area contributed by atoms with Gasteiger partial charge in [-0.05, 0) is 36.2 Å². The Balaban J connectivity index is 2.39. The van der Waals surface area contributed by atoms with Crippen molar-refractivity contribution in [3.63, 3.8) is 0 Å². The average molecular weight is 350 g/mol. The second-order valence-corrected chi connectivity index (χ2v) is 5.89. The monoisotopic (exact) mass is 348 g/mol. The van der Waals surface area contributed by atoms with E-state index in [1.807, 2.05) is 0 Å². The molecule has 0 aromatic heterocycles. The molecule has 0 saturated carbocycles. The fourth-order valence-electron chi connectivity index (χ4n) is 2.02. The van der Waals surface area contributed by atoms with E-state index in [0.29, 0.717) is 26.5 Å². The highest BCUT2D eigenvalue weighted by molar-refractivity contribution is 6.36. The summed E-state index contributed by atoms with van der Waals surface area (Å²) in [4.78, 5) is 0. The van der Waals surface area contributed by atoms with Crippen LogP contribution >= 0.6 is 46.4 Å². The lowest BCUT2D eigenvalue weighted by Crippen LogP contribution is -2.30. The molecule has 106 valence electrons. The summed E-state index contributed by atoms with van der Waals surface area (Å²) in [6, 6.07) is 10.4. The molecular weight excluding hydrogens is 338 g/mol. The summed E-state index contributed by atoms with van der Waals surface area (Å²) in [5.74, 6) is 5.64. The minimum atomic E-state index is -0.284. The molecule has 0 aliphatic carbocycles. The van der Waals surface area contributed by atoms with E-state index in [2.05, 4.69) is 5.43 Å². The van der Waals surface area contributed by atoms with Crippen molar-refractivity contribution in [2.75, 3.05) is 0 Å². The Kier molecular flexibility index (Phi) is 5.56. The van der Waals surface area contributed by atoms with Crippen LogP contribution in [0.1, 0.15) is 17.2 Å². The Labute approximate surface area is 137 Å². The summed E-state index contributed by atoms with van der Waals surface area (Å²) >= 11 is 24.8. The molecule has 1 atom stereocenters. The van der Waals surface area contributed by atoms with Crippen LogP contribution in [0.2, 0.25) is 20.1 Å². The van der Waals surface area contributed by atoms with Crippen LogP contribution in [0, 0.1) is 0 Å². The Bertz CT molecular complexity index is 576. The van der Waals surface area contributed by atoms with Gasteiger partial charge < -0.3 is 0 Å². The molecule has 0 aliphatic rings. The van der Waals surface area contributed by atoms with Gasteiger partial charge in [0.2, 0.25) is 0 Å². The Morgan fingerprint density at radius 3 is 1.75 bits per heavy atom. The van der Waals surface area contributed by atoms with Gasteiger partial charge in [0, 0.05) is 25.7 Å². The van der Waals surface area contributed by atoms with Crippen LogP contribution < -0.4 is 11.3 Å². The van der Waals surface area contributed by atoms with E-state index in [1.54, 1.807) is 36.4 Å². The summed E-state index contributed by atoms with van der Waals surface area (Å²) in [6.07, 6.45) is 0.485. The molecular formula is C14H12Cl4N2. The van der Waals surface area contributed by atoms with E-state index in [4.69, 9.17) is 52.2 Å². The van der Waals surface area contributed by atoms with Crippen LogP contribution in [0.4, 0.5) is 0 Å². The van der Waals surface area contributed by atoms with Crippen molar-refractivity contribution in [3.8, 4) is 0 Å². The lowest BCUT2D eigenvalue weighted by molar-refractivity contribution is 0.552. The van der Waals surface area contributed by atoms with Gasteiger partial charge in [-0.15, -0.1) is 0 Å². The molecule has 0 amide bonds. The minimum Gasteiger partial charge on any atom is -0.271 e. The third kappa shape index (κ3) is 3.40. The SMILES string of the molecule is NNC(Cc1c(Cl)cccc1Cl)c1c(Cl)cccc1Cl. The molecule has 0 spiro atoms. The standard InChI is InChI=1S/C14H12Cl4N2/c15-9-3-1-4-10(16)8(9)7-13(20-19)14-11(17)5-2-6-12(14)18/h1-6,13,20H,7,19H2. The van der Waals surface area contributed by atoms with E-state index in [9.17, 15) is 0 Å². The summed E-state index contributed by atoms with van der Waals surface area (Å²) in [5.41, 5.74) is 4.25. The highest BCUT2D eigenvalue weighted by atomic mass is 35.5. The maximum atomic E-state index is 6.20. The van der Waals surface area contributed by atoms with Gasteiger partial charge >= 0.3 is 0 Å². The molecule has 6 heteroatoms. The molecule has 0 bridgehead atoms. The zero-order valence-electron chi connectivity index (χ0n) is 10.3. The van der Waals surface area contributed by atoms with Gasteiger partial charge in [-0.1, -0.05) is 58.5 Å². The van der Waals surface area contributed by atoms with E-state index in [1.165, 1.54) is 0 Å². The van der Waals surface area contributed by atoms with Crippen molar-refractivity contribution in [2.24, 2.45) is 5.84 Å². The Morgan fingerprint density at radius 1 is 0.850 bits per heavy atom. The molecule has 2 nitrogen and oxygen atoms in total. The number of hydrogen-bond donors (Lipinski definition) is 2. The van der Waals surface area contributed by atoms with Gasteiger partial charge in [0.15, 0.2) is 0 Å². The van der Waals surface area contributed by atoms with Crippen LogP contribution in [-0.4, -0.2) is 0 Å². The number of rotatable bonds is 4. The van der Waals surface area contributed by atoms with Crippen LogP contribution in [0.3, 0.4) is 0 Å². The van der Waals surface area contributed by atoms with Crippen molar-refractivity contribution in [3.05, 3.63) is 67.6 Å². The van der Waals surface area contributed by atoms with Crippen molar-refractivity contribution >= 4 is 46.4 Å². The highest BCUT2D eigenvalue weighted by Gasteiger charge is 2.19. The molecule has 0 radical (unpaired) electrons. The predicted molar refractivity (Wildman–Crippen MR) is 86.7 cm³/mol. The average Bonchev–Trinajstić information content (AvgIpc) is 2.40. The fourth-order valence-corrected chi connectivity index (χ4v) is 3.23. The second-order valence-electron chi connectivity index (χ2n) is 4.26. The van der Waals surface area contributed by atoms with Crippen LogP contribution in [0.5, 0.6) is 0 Å². The number of nitrogens with two attached hydrogens (primary N) is 1. The number of halogens is 4. The van der Waals surface area contributed by atoms with Crippen molar-refractivity contribution in [2.45, 2.75) is 12.5 Å². The third-order valence-electron chi connectivity index (χ3n) is 3.02. The first-order valence-electron chi connectivity index (χ1n) is 5.87. The minimum absolute atomic E-state index is 0.284. The van der Waals surface area contributed by atoms with Gasteiger partial charge in [0.25, 0.3) is 0 Å². The molecule has 20 heavy (non-hydrogen) atoms. The maximum Gasteiger partial charge on any atom is 0.0530 e. The van der Waals surface area contributed by atoms with Crippen molar-refractivity contribution in [1.29, 1.82) is 0 Å². The molecule has 2 aromatic carbocycles. The summed E-state index contributed by atoms with van der Waals surface area (Å²) in [7, 11) is 0. The van der Waals surface area contributed by atoms with E-state index >= 15 is 0 Å². The zero-order valence-corrected chi connectivity index (χ0v) is 13.4. The Morgan fingerprint density at radius 2 is 1.30 bits per heavy atom. The maximum absolute atomic E-state index is 6.20. The first-order chi connectivity index (χ1) is 9.54. The van der Waals surface area contributed by atoms with Crippen molar-refractivity contribution < 1.29 is 0 Å². The summed E-state index contributed by atoms with van der Waals surface area (Å²) in [5, 5.41) is 2.26. The lowest BCUT2D eigenvalue weighted by Gasteiger charge is -2.20. The van der Waals surface area contributed by atoms with E-state index < -0.39 is 0 Å². The van der Waals surface area contributed by atoms with Crippen LogP contribution in [0.25, 0.3) is 0 Å². The molecule has 0 heterocycles. The number of nitrogens with one attached hydrogen (secondary N) is 1. The van der Waals surface area contributed by atoms with Crippen LogP contribution in [0.15, 0.2) is 36.4 Å². The number of hydrazine groups is 1. The Hall–Kier alpha value is -0.480. The van der Waals surface area contributed by atoms with Crippen molar-refractivity contribution in [1.82, 2.24) is 5.43 Å². The molecule has 0 saturated heterocycles. The smallest absolute Gasteiger partial charge is 0.0530 e. The number of hydrogen-bond acceptors (Lipinski definition) is 2. The van der Waals surface area contributed by atoms with Gasteiger partial charge in [0.05, 0.1) is 6.04 Å². The van der Waals surface area contributed by atoms with Gasteiger partial charge in [0.1, 0.15) is 0 Å². The fraction of sp³-hybridized carbons (Fsp3) is 0.143. The lowest BCUT2D eigenvalue weighted by atomic mass is 9.99. The first kappa shape index (κ1) is 15.9. The molecule has 0 fully saturated rings. The number of benzene rings is 2. The summed E-state index contributed by atoms with van der Waals surface area (Å²) < 4.78 is 0. The third-order valence-corrected chi connectivity index (χ3v) is 4.39. The normalized spacial score (nSPS) is 12.4. The highest BCUT2D eigenvalue weighted by Crippen LogP contribution is 2.34. The first-order valence-corrected chi connectivity index (χ1v) is 7.38. The molecule has 2 aromatic rings. The quantitative estimate of drug-likeness (QED) is 0.598.